The Balaban J connectivity index is 0.935. The third-order valence-electron chi connectivity index (χ3n) is 22.0. The van der Waals surface area contributed by atoms with Crippen molar-refractivity contribution in [2.24, 2.45) is 0 Å². The summed E-state index contributed by atoms with van der Waals surface area (Å²) in [7, 11) is 0. The van der Waals surface area contributed by atoms with Gasteiger partial charge in [-0.1, -0.05) is 309 Å². The number of hydrogen-bond donors (Lipinski definition) is 0. The van der Waals surface area contributed by atoms with E-state index in [1.807, 2.05) is 146 Å². The molecule has 0 aliphatic carbocycles. The van der Waals surface area contributed by atoms with E-state index in [0.717, 1.165) is 110 Å². The molecule has 22 aromatic rings. The summed E-state index contributed by atoms with van der Waals surface area (Å²) in [6, 6.07) is 104. The normalized spacial score (nSPS) is 13.7. The van der Waals surface area contributed by atoms with Gasteiger partial charge in [0.2, 0.25) is 0 Å². The van der Waals surface area contributed by atoms with E-state index in [1.165, 1.54) is 0 Å². The van der Waals surface area contributed by atoms with Crippen molar-refractivity contribution in [1.82, 2.24) is 13.5 Å². The van der Waals surface area contributed by atoms with Crippen LogP contribution in [0.15, 0.2) is 430 Å². The van der Waals surface area contributed by atoms with Crippen molar-refractivity contribution in [3.63, 3.8) is 0 Å². The zero-order valence-electron chi connectivity index (χ0n) is 76.5. The Kier molecular flexibility index (Phi) is 12.1. The molecule has 0 radical (unpaired) electrons. The predicted octanol–water partition coefficient (Wildman–Crippen LogP) is 29.6. The standard InChI is InChI=1S/C108H71N5/c1-7-32-72(33-8-1)80-65-95(74-36-11-3-12-37-74)107(96(66-80)75-38-13-4-14-39-75)109(82-44-29-46-84(69-82)111-100-55-24-19-48-88(100)89-49-20-25-56-101(89)111)86-62-79(78-60-61-105-99(64-78)94-54-31-53-93-92-52-23-28-59-104(92)113(105)106(93)94)63-87(71-86)110(83-45-30-47-85(70-83)112-102-57-26-21-50-90(102)91-51-22-27-58-103(91)112)108-97(76-40-15-5-16-41-76)67-81(73-34-9-2-10-35-73)68-98(108)77-42-17-6-18-43-77/h1-71H/i19D,20D,21D,22D,24D,25D,26D,27D,48D,49D,50D,51D,55D,56D,57D,58D. The highest BCUT2D eigenvalue weighted by Crippen LogP contribution is 2.55. The molecule has 0 aliphatic heterocycles. The Bertz CT molecular complexity index is 7760. The van der Waals surface area contributed by atoms with Crippen LogP contribution in [0.1, 0.15) is 21.9 Å². The molecule has 0 amide bonds. The Hall–Kier alpha value is -15.0. The van der Waals surface area contributed by atoms with Crippen molar-refractivity contribution in [1.29, 1.82) is 0 Å². The average Bonchev–Trinajstić information content (AvgIpc) is 1.59. The third-order valence-corrected chi connectivity index (χ3v) is 22.0. The zero-order valence-corrected chi connectivity index (χ0v) is 60.5. The Labute approximate surface area is 677 Å². The second kappa shape index (κ2) is 27.0. The monoisotopic (exact) mass is 1450 g/mol. The van der Waals surface area contributed by atoms with E-state index in [9.17, 15) is 16.4 Å². The van der Waals surface area contributed by atoms with Crippen LogP contribution in [0.25, 0.3) is 171 Å². The van der Waals surface area contributed by atoms with Crippen molar-refractivity contribution in [2.45, 2.75) is 0 Å². The minimum Gasteiger partial charge on any atom is -0.309 e. The summed E-state index contributed by atoms with van der Waals surface area (Å²) in [5.74, 6) is 0. The highest BCUT2D eigenvalue weighted by Gasteiger charge is 2.31. The summed E-state index contributed by atoms with van der Waals surface area (Å²) in [5, 5.41) is 3.91. The summed E-state index contributed by atoms with van der Waals surface area (Å²) >= 11 is 0. The molecule has 22 rings (SSSR count). The number of anilines is 6. The number of fused-ring (bicyclic) bond motifs is 12. The lowest BCUT2D eigenvalue weighted by Crippen LogP contribution is -2.17. The van der Waals surface area contributed by atoms with E-state index < -0.39 is 96.7 Å². The highest BCUT2D eigenvalue weighted by atomic mass is 15.2. The van der Waals surface area contributed by atoms with Gasteiger partial charge in [0.05, 0.1) is 71.9 Å². The molecule has 0 spiro atoms. The van der Waals surface area contributed by atoms with Crippen LogP contribution in [0.4, 0.5) is 34.1 Å². The maximum Gasteiger partial charge on any atom is 0.0645 e. The summed E-state index contributed by atoms with van der Waals surface area (Å²) in [4.78, 5) is 4.42. The third kappa shape index (κ3) is 10.9. The fourth-order valence-electron chi connectivity index (χ4n) is 17.0. The first kappa shape index (κ1) is 50.6. The second-order valence-electron chi connectivity index (χ2n) is 28.3. The van der Waals surface area contributed by atoms with Crippen molar-refractivity contribution >= 4 is 116 Å². The molecular formula is C108H71N5. The Morgan fingerprint density at radius 1 is 0.195 bits per heavy atom. The van der Waals surface area contributed by atoms with Gasteiger partial charge in [-0.3, -0.25) is 0 Å². The molecule has 18 aromatic carbocycles. The molecule has 5 heteroatoms. The van der Waals surface area contributed by atoms with Crippen LogP contribution < -0.4 is 9.80 Å². The maximum absolute atomic E-state index is 9.88. The Morgan fingerprint density at radius 3 is 0.929 bits per heavy atom. The van der Waals surface area contributed by atoms with Gasteiger partial charge in [-0.2, -0.15) is 0 Å². The van der Waals surface area contributed by atoms with Crippen LogP contribution in [0, 0.1) is 0 Å². The van der Waals surface area contributed by atoms with E-state index in [0.29, 0.717) is 39.7 Å². The van der Waals surface area contributed by atoms with Crippen molar-refractivity contribution in [3.8, 4) is 89.3 Å². The van der Waals surface area contributed by atoms with Crippen molar-refractivity contribution < 1.29 is 21.9 Å². The van der Waals surface area contributed by atoms with E-state index in [1.54, 1.807) is 21.3 Å². The molecule has 113 heavy (non-hydrogen) atoms. The molecule has 528 valence electrons. The van der Waals surface area contributed by atoms with Gasteiger partial charge in [0, 0.05) is 99.5 Å². The van der Waals surface area contributed by atoms with Gasteiger partial charge in [-0.05, 0) is 177 Å². The first-order valence-corrected chi connectivity index (χ1v) is 37.6. The van der Waals surface area contributed by atoms with E-state index in [-0.39, 0.29) is 55.0 Å². The SMILES string of the molecule is [2H]c1c([2H])c([2H])c2c(c1[2H])c1c([2H])c([2H])c([2H])c([2H])c1n2-c1cccc(N(c2cc(-c3ccc4c(c3)c3cccc5c6ccccc6n4c53)cc(N(c3cccc(-n4c5c([2H])c([2H])c([2H])c([2H])c5c5c([2H])c([2H])c([2H])c([2H])c54)c3)c3c(-c4ccccc4)cc(-c4ccccc4)cc3-c3ccccc3)c2)c2c(-c3ccccc3)cc(-c3ccccc3)cc2-c2ccccc2)c1. The molecule has 0 saturated carbocycles. The second-order valence-corrected chi connectivity index (χ2v) is 28.3. The van der Waals surface area contributed by atoms with Crippen LogP contribution in [-0.4, -0.2) is 13.5 Å². The molecule has 0 saturated heterocycles. The summed E-state index contributed by atoms with van der Waals surface area (Å²) in [6.07, 6.45) is 0. The quantitative estimate of drug-likeness (QED) is 0.102. The summed E-state index contributed by atoms with van der Waals surface area (Å²) in [6.45, 7) is 0. The molecule has 0 aliphatic rings. The van der Waals surface area contributed by atoms with Gasteiger partial charge in [-0.25, -0.2) is 0 Å². The van der Waals surface area contributed by atoms with Gasteiger partial charge in [0.1, 0.15) is 0 Å². The lowest BCUT2D eigenvalue weighted by molar-refractivity contribution is 1.17. The molecule has 0 unspecified atom stereocenters. The minimum atomic E-state index is -0.572. The van der Waals surface area contributed by atoms with Gasteiger partial charge in [0.25, 0.3) is 0 Å². The van der Waals surface area contributed by atoms with E-state index >= 15 is 0 Å². The molecule has 0 bridgehead atoms. The number of hydrogen-bond acceptors (Lipinski definition) is 2. The molecule has 0 atom stereocenters. The van der Waals surface area contributed by atoms with Gasteiger partial charge in [-0.15, -0.1) is 0 Å². The van der Waals surface area contributed by atoms with E-state index in [2.05, 4.69) is 190 Å². The number of rotatable bonds is 15. The van der Waals surface area contributed by atoms with E-state index in [4.69, 9.17) is 5.48 Å². The van der Waals surface area contributed by atoms with Gasteiger partial charge in [0.15, 0.2) is 0 Å². The highest BCUT2D eigenvalue weighted by molar-refractivity contribution is 6.24. The number of para-hydroxylation sites is 6. The smallest absolute Gasteiger partial charge is 0.0645 e. The fourth-order valence-corrected chi connectivity index (χ4v) is 17.0. The zero-order chi connectivity index (χ0) is 88.4. The van der Waals surface area contributed by atoms with Gasteiger partial charge >= 0.3 is 0 Å². The van der Waals surface area contributed by atoms with Crippen LogP contribution in [-0.2, 0) is 0 Å². The molecule has 0 N–H and O–H groups in total. The molecular weight excluding hydrogens is 1370 g/mol. The average molecular weight is 1450 g/mol. The maximum atomic E-state index is 9.88. The minimum absolute atomic E-state index is 0.0635. The lowest BCUT2D eigenvalue weighted by Gasteiger charge is -2.35. The first-order valence-electron chi connectivity index (χ1n) is 45.6. The van der Waals surface area contributed by atoms with Gasteiger partial charge < -0.3 is 23.3 Å². The summed E-state index contributed by atoms with van der Waals surface area (Å²) in [5.41, 5.74) is 18.4. The molecule has 5 nitrogen and oxygen atoms in total. The van der Waals surface area contributed by atoms with Crippen LogP contribution in [0.5, 0.6) is 0 Å². The van der Waals surface area contributed by atoms with Crippen LogP contribution in [0.2, 0.25) is 0 Å². The molecule has 0 fully saturated rings. The van der Waals surface area contributed by atoms with Crippen LogP contribution >= 0.6 is 0 Å². The first-order chi connectivity index (χ1) is 62.7. The molecule has 4 aromatic heterocycles. The summed E-state index contributed by atoms with van der Waals surface area (Å²) < 4.78 is 157. The number of benzene rings is 18. The topological polar surface area (TPSA) is 20.8 Å². The lowest BCUT2D eigenvalue weighted by atomic mass is 9.89. The van der Waals surface area contributed by atoms with Crippen molar-refractivity contribution in [3.05, 3.63) is 430 Å². The Morgan fingerprint density at radius 2 is 0.522 bits per heavy atom. The fraction of sp³-hybridized carbons (Fsp3) is 0. The predicted molar refractivity (Wildman–Crippen MR) is 477 cm³/mol. The number of aromatic nitrogens is 3. The largest absolute Gasteiger partial charge is 0.309 e. The molecule has 4 heterocycles. The van der Waals surface area contributed by atoms with Crippen molar-refractivity contribution in [2.75, 3.05) is 9.80 Å². The number of nitrogens with zero attached hydrogens (tertiary/aromatic N) is 5. The van der Waals surface area contributed by atoms with Crippen LogP contribution in [0.3, 0.4) is 0 Å².